The molecule has 0 spiro atoms. The van der Waals surface area contributed by atoms with Gasteiger partial charge in [-0.25, -0.2) is 8.42 Å². The van der Waals surface area contributed by atoms with Crippen molar-refractivity contribution in [2.75, 3.05) is 30.8 Å². The Bertz CT molecular complexity index is 1410. The molecule has 0 aliphatic rings. The predicted molar refractivity (Wildman–Crippen MR) is 168 cm³/mol. The largest absolute Gasteiger partial charge is 0.497 e. The van der Waals surface area contributed by atoms with E-state index in [0.717, 1.165) is 35.8 Å². The van der Waals surface area contributed by atoms with E-state index in [-0.39, 0.29) is 37.7 Å². The number of anilines is 1. The molecule has 0 aliphatic carbocycles. The van der Waals surface area contributed by atoms with Gasteiger partial charge in [0.25, 0.3) is 0 Å². The predicted octanol–water partition coefficient (Wildman–Crippen LogP) is 5.11. The fourth-order valence-electron chi connectivity index (χ4n) is 4.84. The van der Waals surface area contributed by atoms with Crippen molar-refractivity contribution >= 4 is 27.5 Å². The zero-order valence-electron chi connectivity index (χ0n) is 25.1. The zero-order chi connectivity index (χ0) is 30.5. The van der Waals surface area contributed by atoms with E-state index in [9.17, 15) is 18.0 Å². The molecule has 0 fully saturated rings. The lowest BCUT2D eigenvalue weighted by molar-refractivity contribution is -0.141. The minimum absolute atomic E-state index is 0.0787. The normalized spacial score (nSPS) is 11.9. The van der Waals surface area contributed by atoms with E-state index in [0.29, 0.717) is 24.4 Å². The summed E-state index contributed by atoms with van der Waals surface area (Å²) in [4.78, 5) is 29.2. The highest BCUT2D eigenvalue weighted by Crippen LogP contribution is 2.24. The molecule has 42 heavy (non-hydrogen) atoms. The number of rotatable bonds is 16. The van der Waals surface area contributed by atoms with Gasteiger partial charge in [0.15, 0.2) is 0 Å². The first-order valence-corrected chi connectivity index (χ1v) is 16.3. The number of sulfonamides is 1. The molecule has 1 N–H and O–H groups in total. The van der Waals surface area contributed by atoms with Gasteiger partial charge < -0.3 is 15.0 Å². The van der Waals surface area contributed by atoms with Crippen molar-refractivity contribution in [2.24, 2.45) is 0 Å². The highest BCUT2D eigenvalue weighted by atomic mass is 32.2. The molecule has 0 saturated carbocycles. The molecule has 9 heteroatoms. The van der Waals surface area contributed by atoms with E-state index >= 15 is 0 Å². The van der Waals surface area contributed by atoms with Crippen molar-refractivity contribution < 1.29 is 22.7 Å². The topological polar surface area (TPSA) is 96.0 Å². The lowest BCUT2D eigenvalue weighted by Gasteiger charge is -2.32. The quantitative estimate of drug-likeness (QED) is 0.233. The van der Waals surface area contributed by atoms with Gasteiger partial charge in [-0.3, -0.25) is 13.9 Å². The minimum atomic E-state index is -3.61. The molecule has 0 saturated heterocycles. The monoisotopic (exact) mass is 593 g/mol. The van der Waals surface area contributed by atoms with Crippen LogP contribution < -0.4 is 14.4 Å². The van der Waals surface area contributed by atoms with Crippen LogP contribution in [0.25, 0.3) is 0 Å². The number of unbranched alkanes of at least 4 members (excludes halogenated alkanes) is 1. The first-order valence-electron chi connectivity index (χ1n) is 14.4. The number of hydrogen-bond acceptors (Lipinski definition) is 5. The second-order valence-electron chi connectivity index (χ2n) is 10.5. The Balaban J connectivity index is 1.87. The molecule has 3 aromatic carbocycles. The van der Waals surface area contributed by atoms with Crippen molar-refractivity contribution in [1.82, 2.24) is 10.2 Å². The van der Waals surface area contributed by atoms with Crippen LogP contribution in [0.4, 0.5) is 5.69 Å². The van der Waals surface area contributed by atoms with E-state index in [1.54, 1.807) is 29.2 Å². The number of hydrogen-bond donors (Lipinski definition) is 1. The minimum Gasteiger partial charge on any atom is -0.497 e. The molecule has 2 amide bonds. The highest BCUT2D eigenvalue weighted by molar-refractivity contribution is 7.92. The molecule has 226 valence electrons. The maximum absolute atomic E-state index is 13.9. The third-order valence-corrected chi connectivity index (χ3v) is 8.22. The van der Waals surface area contributed by atoms with Crippen LogP contribution in [0.5, 0.6) is 5.75 Å². The number of benzene rings is 3. The number of nitrogens with one attached hydrogen (secondary N) is 1. The summed E-state index contributed by atoms with van der Waals surface area (Å²) >= 11 is 0. The van der Waals surface area contributed by atoms with Crippen LogP contribution >= 0.6 is 0 Å². The third-order valence-electron chi connectivity index (χ3n) is 7.03. The van der Waals surface area contributed by atoms with E-state index in [2.05, 4.69) is 12.2 Å². The van der Waals surface area contributed by atoms with E-state index in [1.165, 1.54) is 11.4 Å². The number of amides is 2. The van der Waals surface area contributed by atoms with Gasteiger partial charge in [-0.05, 0) is 43.0 Å². The molecular formula is C33H43N3O5S. The standard InChI is InChI=1S/C33H43N3O5S/c1-5-6-20-34-33(38)31(23-27-14-8-7-9-15-27)35(25-28-16-10-13-26(2)22-28)32(37)19-12-21-36(42(4,39)40)29-17-11-18-30(24-29)41-3/h7-11,13-18,22,24,31H,5-6,12,19-21,23,25H2,1-4H3,(H,34,38). The Kier molecular flexibility index (Phi) is 12.4. The van der Waals surface area contributed by atoms with Crippen molar-refractivity contribution in [2.45, 2.75) is 58.5 Å². The molecule has 0 heterocycles. The summed E-state index contributed by atoms with van der Waals surface area (Å²) in [7, 11) is -2.09. The molecule has 0 aromatic heterocycles. The van der Waals surface area contributed by atoms with Gasteiger partial charge in [-0.1, -0.05) is 79.6 Å². The van der Waals surface area contributed by atoms with E-state index in [1.807, 2.05) is 61.5 Å². The summed E-state index contributed by atoms with van der Waals surface area (Å²) in [6, 6.07) is 23.7. The Hall–Kier alpha value is -3.85. The number of carbonyl (C=O) groups is 2. The summed E-state index contributed by atoms with van der Waals surface area (Å²) in [5, 5.41) is 3.03. The van der Waals surface area contributed by atoms with Gasteiger partial charge in [0.1, 0.15) is 11.8 Å². The third kappa shape index (κ3) is 9.91. The lowest BCUT2D eigenvalue weighted by atomic mass is 10.0. The number of aryl methyl sites for hydroxylation is 1. The summed E-state index contributed by atoms with van der Waals surface area (Å²) < 4.78 is 31.9. The summed E-state index contributed by atoms with van der Waals surface area (Å²) in [5.74, 6) is 0.143. The molecular weight excluding hydrogens is 550 g/mol. The fraction of sp³-hybridized carbons (Fsp3) is 0.394. The maximum atomic E-state index is 13.9. The Morgan fingerprint density at radius 1 is 0.929 bits per heavy atom. The van der Waals surface area contributed by atoms with Gasteiger partial charge in [0, 0.05) is 38.5 Å². The molecule has 1 unspecified atom stereocenters. The first kappa shape index (κ1) is 32.7. The Labute approximate surface area is 250 Å². The van der Waals surface area contributed by atoms with Crippen molar-refractivity contribution in [1.29, 1.82) is 0 Å². The van der Waals surface area contributed by atoms with Gasteiger partial charge >= 0.3 is 0 Å². The average molecular weight is 594 g/mol. The Morgan fingerprint density at radius 3 is 2.31 bits per heavy atom. The molecule has 0 radical (unpaired) electrons. The lowest BCUT2D eigenvalue weighted by Crippen LogP contribution is -2.50. The van der Waals surface area contributed by atoms with Crippen LogP contribution in [0.2, 0.25) is 0 Å². The summed E-state index contributed by atoms with van der Waals surface area (Å²) in [6.45, 7) is 4.98. The second kappa shape index (κ2) is 16.0. The number of carbonyl (C=O) groups excluding carboxylic acids is 2. The molecule has 1 atom stereocenters. The fourth-order valence-corrected chi connectivity index (χ4v) is 5.79. The highest BCUT2D eigenvalue weighted by Gasteiger charge is 2.30. The molecule has 8 nitrogen and oxygen atoms in total. The average Bonchev–Trinajstić information content (AvgIpc) is 2.97. The van der Waals surface area contributed by atoms with Gasteiger partial charge in [0.05, 0.1) is 19.1 Å². The molecule has 3 rings (SSSR count). The molecule has 0 bridgehead atoms. The maximum Gasteiger partial charge on any atom is 0.243 e. The summed E-state index contributed by atoms with van der Waals surface area (Å²) in [6.07, 6.45) is 3.67. The van der Waals surface area contributed by atoms with Gasteiger partial charge in [0.2, 0.25) is 21.8 Å². The Morgan fingerprint density at radius 2 is 1.64 bits per heavy atom. The number of nitrogens with zero attached hydrogens (tertiary/aromatic N) is 2. The molecule has 3 aromatic rings. The first-order chi connectivity index (χ1) is 20.1. The summed E-state index contributed by atoms with van der Waals surface area (Å²) in [5.41, 5.74) is 3.42. The van der Waals surface area contributed by atoms with Crippen LogP contribution in [-0.2, 0) is 32.6 Å². The van der Waals surface area contributed by atoms with Crippen LogP contribution in [0.3, 0.4) is 0 Å². The second-order valence-corrected chi connectivity index (χ2v) is 12.4. The number of ether oxygens (including phenoxy) is 1. The van der Waals surface area contributed by atoms with Crippen molar-refractivity contribution in [3.8, 4) is 5.75 Å². The van der Waals surface area contributed by atoms with Crippen molar-refractivity contribution in [3.63, 3.8) is 0 Å². The number of methoxy groups -OCH3 is 1. The van der Waals surface area contributed by atoms with Gasteiger partial charge in [-0.15, -0.1) is 0 Å². The van der Waals surface area contributed by atoms with Crippen LogP contribution in [0.1, 0.15) is 49.3 Å². The van der Waals surface area contributed by atoms with Crippen molar-refractivity contribution in [3.05, 3.63) is 95.6 Å². The zero-order valence-corrected chi connectivity index (χ0v) is 25.9. The SMILES string of the molecule is CCCCNC(=O)C(Cc1ccccc1)N(Cc1cccc(C)c1)C(=O)CCCN(c1cccc(OC)c1)S(C)(=O)=O. The van der Waals surface area contributed by atoms with Crippen LogP contribution in [-0.4, -0.2) is 57.6 Å². The van der Waals surface area contributed by atoms with Crippen LogP contribution in [0.15, 0.2) is 78.9 Å². The van der Waals surface area contributed by atoms with E-state index < -0.39 is 16.1 Å². The van der Waals surface area contributed by atoms with Gasteiger partial charge in [-0.2, -0.15) is 0 Å². The van der Waals surface area contributed by atoms with Crippen LogP contribution in [0, 0.1) is 6.92 Å². The molecule has 0 aliphatic heterocycles. The smallest absolute Gasteiger partial charge is 0.243 e. The van der Waals surface area contributed by atoms with E-state index in [4.69, 9.17) is 4.74 Å².